The molecule has 1 fully saturated rings. The summed E-state index contributed by atoms with van der Waals surface area (Å²) in [6.07, 6.45) is 3.63. The first kappa shape index (κ1) is 18.6. The topological polar surface area (TPSA) is 79.2 Å². The molecule has 5 rings (SSSR count). The number of H-pyrrole nitrogens is 1. The van der Waals surface area contributed by atoms with Crippen molar-refractivity contribution in [1.82, 2.24) is 9.97 Å². The second-order valence-electron chi connectivity index (χ2n) is 7.69. The molecule has 1 aromatic heterocycles. The van der Waals surface area contributed by atoms with Gasteiger partial charge in [-0.05, 0) is 49.6 Å². The summed E-state index contributed by atoms with van der Waals surface area (Å²) in [5.74, 6) is -1.63. The average Bonchev–Trinajstić information content (AvgIpc) is 3.29. The van der Waals surface area contributed by atoms with Gasteiger partial charge in [-0.2, -0.15) is 0 Å². The summed E-state index contributed by atoms with van der Waals surface area (Å²) in [7, 11) is 0. The van der Waals surface area contributed by atoms with E-state index in [1.807, 2.05) is 18.2 Å². The number of aromatic nitrogens is 2. The number of aliphatic hydroxyl groups excluding tert-OH is 1. The number of amidine groups is 1. The van der Waals surface area contributed by atoms with E-state index in [9.17, 15) is 13.9 Å². The zero-order chi connectivity index (χ0) is 20.8. The van der Waals surface area contributed by atoms with Crippen molar-refractivity contribution in [3.63, 3.8) is 0 Å². The fourth-order valence-corrected chi connectivity index (χ4v) is 4.17. The average molecular weight is 409 g/mol. The maximum atomic E-state index is 13.6. The Morgan fingerprint density at radius 1 is 0.967 bits per heavy atom. The molecule has 3 N–H and O–H groups in total. The first-order valence-electron chi connectivity index (χ1n) is 10.00. The molecule has 0 saturated carbocycles. The van der Waals surface area contributed by atoms with E-state index in [4.69, 9.17) is 5.41 Å². The molecule has 3 aromatic rings. The first-order valence-corrected chi connectivity index (χ1v) is 10.00. The number of rotatable bonds is 3. The molecule has 2 aliphatic rings. The Kier molecular flexibility index (Phi) is 4.42. The molecule has 0 aliphatic carbocycles. The molecule has 0 unspecified atom stereocenters. The molecule has 0 atom stereocenters. The first-order chi connectivity index (χ1) is 14.5. The number of nitrogens with one attached hydrogen (secondary N) is 2. The molecule has 0 radical (unpaired) electrons. The van der Waals surface area contributed by atoms with Crippen LogP contribution in [0.1, 0.15) is 25.1 Å². The number of imidazole rings is 1. The molecule has 0 amide bonds. The number of hydrogen-bond donors (Lipinski definition) is 3. The standard InChI is InChI=1S/C22H21F2N5O/c23-15-6-4-14(10-16(15)24)29-12-19(30)20(21(29)25)22-26-17-7-5-13(11-18(17)27-22)28-8-2-1-3-9-28/h4-7,10-11,25,30H,1-3,8-9,12H2,(H,26,27). The number of halogens is 2. The monoisotopic (exact) mass is 409 g/mol. The highest BCUT2D eigenvalue weighted by Crippen LogP contribution is 2.32. The molecule has 8 heteroatoms. The van der Waals surface area contributed by atoms with Crippen molar-refractivity contribution in [3.8, 4) is 0 Å². The molecule has 154 valence electrons. The van der Waals surface area contributed by atoms with E-state index in [0.29, 0.717) is 11.5 Å². The Morgan fingerprint density at radius 2 is 1.73 bits per heavy atom. The summed E-state index contributed by atoms with van der Waals surface area (Å²) in [6.45, 7) is 2.06. The molecule has 0 bridgehead atoms. The minimum absolute atomic E-state index is 0.00465. The van der Waals surface area contributed by atoms with Crippen molar-refractivity contribution in [2.75, 3.05) is 29.4 Å². The van der Waals surface area contributed by atoms with Gasteiger partial charge in [-0.25, -0.2) is 13.8 Å². The Bertz CT molecular complexity index is 1180. The van der Waals surface area contributed by atoms with E-state index < -0.39 is 11.6 Å². The lowest BCUT2D eigenvalue weighted by Crippen LogP contribution is -2.29. The van der Waals surface area contributed by atoms with Crippen LogP contribution in [0.4, 0.5) is 20.2 Å². The van der Waals surface area contributed by atoms with Crippen molar-refractivity contribution in [2.45, 2.75) is 19.3 Å². The normalized spacial score (nSPS) is 17.5. The molecule has 2 aliphatic heterocycles. The van der Waals surface area contributed by atoms with Crippen molar-refractivity contribution >= 4 is 33.8 Å². The van der Waals surface area contributed by atoms with Gasteiger partial charge in [-0.15, -0.1) is 0 Å². The number of anilines is 2. The highest BCUT2D eigenvalue weighted by atomic mass is 19.2. The van der Waals surface area contributed by atoms with Crippen LogP contribution in [-0.4, -0.2) is 40.5 Å². The zero-order valence-corrected chi connectivity index (χ0v) is 16.3. The summed E-state index contributed by atoms with van der Waals surface area (Å²) >= 11 is 0. The van der Waals surface area contributed by atoms with Gasteiger partial charge in [-0.1, -0.05) is 0 Å². The summed E-state index contributed by atoms with van der Waals surface area (Å²) in [6, 6.07) is 9.43. The smallest absolute Gasteiger partial charge is 0.160 e. The Balaban J connectivity index is 1.46. The van der Waals surface area contributed by atoms with Crippen LogP contribution in [0.5, 0.6) is 0 Å². The van der Waals surface area contributed by atoms with Crippen molar-refractivity contribution in [2.24, 2.45) is 0 Å². The highest BCUT2D eigenvalue weighted by molar-refractivity contribution is 6.30. The molecule has 6 nitrogen and oxygen atoms in total. The number of hydrogen-bond acceptors (Lipinski definition) is 4. The van der Waals surface area contributed by atoms with E-state index in [0.717, 1.165) is 41.9 Å². The lowest BCUT2D eigenvalue weighted by Gasteiger charge is -2.28. The quantitative estimate of drug-likeness (QED) is 0.591. The Labute approximate surface area is 172 Å². The van der Waals surface area contributed by atoms with E-state index in [1.165, 1.54) is 30.2 Å². The summed E-state index contributed by atoms with van der Waals surface area (Å²) in [4.78, 5) is 11.5. The molecular weight excluding hydrogens is 388 g/mol. The molecular formula is C22H21F2N5O. The molecule has 30 heavy (non-hydrogen) atoms. The zero-order valence-electron chi connectivity index (χ0n) is 16.3. The number of fused-ring (bicyclic) bond motifs is 1. The number of piperidine rings is 1. The molecule has 1 saturated heterocycles. The summed E-state index contributed by atoms with van der Waals surface area (Å²) in [5, 5.41) is 19.0. The van der Waals surface area contributed by atoms with Crippen LogP contribution in [0.2, 0.25) is 0 Å². The van der Waals surface area contributed by atoms with Gasteiger partial charge in [0.1, 0.15) is 17.4 Å². The van der Waals surface area contributed by atoms with Crippen LogP contribution < -0.4 is 9.80 Å². The van der Waals surface area contributed by atoms with E-state index in [2.05, 4.69) is 14.9 Å². The van der Waals surface area contributed by atoms with Gasteiger partial charge in [0.2, 0.25) is 0 Å². The molecule has 2 aromatic carbocycles. The number of benzene rings is 2. The van der Waals surface area contributed by atoms with E-state index in [1.54, 1.807) is 0 Å². The second kappa shape index (κ2) is 7.12. The predicted molar refractivity (Wildman–Crippen MR) is 113 cm³/mol. The lowest BCUT2D eigenvalue weighted by atomic mass is 10.1. The summed E-state index contributed by atoms with van der Waals surface area (Å²) in [5.41, 5.74) is 3.25. The van der Waals surface area contributed by atoms with Crippen LogP contribution in [-0.2, 0) is 0 Å². The third-order valence-electron chi connectivity index (χ3n) is 5.74. The minimum atomic E-state index is -0.998. The fourth-order valence-electron chi connectivity index (χ4n) is 4.17. The Hall–Kier alpha value is -3.42. The maximum Gasteiger partial charge on any atom is 0.160 e. The van der Waals surface area contributed by atoms with Gasteiger partial charge >= 0.3 is 0 Å². The van der Waals surface area contributed by atoms with Gasteiger partial charge in [0.15, 0.2) is 11.6 Å². The van der Waals surface area contributed by atoms with Crippen LogP contribution in [0.15, 0.2) is 42.2 Å². The fraction of sp³-hybridized carbons (Fsp3) is 0.273. The lowest BCUT2D eigenvalue weighted by molar-refractivity contribution is 0.411. The van der Waals surface area contributed by atoms with Gasteiger partial charge in [0.25, 0.3) is 0 Å². The van der Waals surface area contributed by atoms with Gasteiger partial charge in [-0.3, -0.25) is 5.41 Å². The molecule has 3 heterocycles. The van der Waals surface area contributed by atoms with E-state index >= 15 is 0 Å². The number of aliphatic hydroxyl groups is 1. The van der Waals surface area contributed by atoms with Gasteiger partial charge in [0.05, 0.1) is 23.2 Å². The summed E-state index contributed by atoms with van der Waals surface area (Å²) < 4.78 is 26.9. The SMILES string of the molecule is N=C1C(c2nc3ccc(N4CCCCC4)cc3[nH]2)=C(O)CN1c1ccc(F)c(F)c1. The van der Waals surface area contributed by atoms with Crippen LogP contribution in [0.3, 0.4) is 0 Å². The minimum Gasteiger partial charge on any atom is -0.509 e. The van der Waals surface area contributed by atoms with Gasteiger partial charge < -0.3 is 19.9 Å². The molecule has 0 spiro atoms. The highest BCUT2D eigenvalue weighted by Gasteiger charge is 2.31. The predicted octanol–water partition coefficient (Wildman–Crippen LogP) is 4.60. The van der Waals surface area contributed by atoms with E-state index in [-0.39, 0.29) is 23.7 Å². The third kappa shape index (κ3) is 3.08. The van der Waals surface area contributed by atoms with Crippen LogP contribution in [0, 0.1) is 17.0 Å². The van der Waals surface area contributed by atoms with Gasteiger partial charge in [0, 0.05) is 30.5 Å². The van der Waals surface area contributed by atoms with Crippen molar-refractivity contribution < 1.29 is 13.9 Å². The van der Waals surface area contributed by atoms with Crippen LogP contribution >= 0.6 is 0 Å². The Morgan fingerprint density at radius 3 is 2.50 bits per heavy atom. The maximum absolute atomic E-state index is 13.6. The van der Waals surface area contributed by atoms with Crippen molar-refractivity contribution in [3.05, 3.63) is 59.6 Å². The van der Waals surface area contributed by atoms with Crippen LogP contribution in [0.25, 0.3) is 16.6 Å². The number of aromatic amines is 1. The third-order valence-corrected chi connectivity index (χ3v) is 5.74. The second-order valence-corrected chi connectivity index (χ2v) is 7.69. The number of nitrogens with zero attached hydrogens (tertiary/aromatic N) is 3. The largest absolute Gasteiger partial charge is 0.509 e. The van der Waals surface area contributed by atoms with Crippen molar-refractivity contribution in [1.29, 1.82) is 5.41 Å².